The molecule has 0 fully saturated rings. The average molecular weight is 586 g/mol. The normalized spacial score (nSPS) is 11.4. The third-order valence-corrected chi connectivity index (χ3v) is 7.88. The van der Waals surface area contributed by atoms with Crippen LogP contribution in [0.25, 0.3) is 43.9 Å². The lowest BCUT2D eigenvalue weighted by Gasteiger charge is -2.16. The van der Waals surface area contributed by atoms with E-state index < -0.39 is 0 Å². The number of nitrogens with one attached hydrogen (secondary N) is 2. The van der Waals surface area contributed by atoms with Gasteiger partial charge in [-0.3, -0.25) is 9.59 Å². The van der Waals surface area contributed by atoms with E-state index in [0.29, 0.717) is 34.9 Å². The minimum absolute atomic E-state index is 0.190. The van der Waals surface area contributed by atoms with E-state index >= 15 is 0 Å². The molecule has 0 aliphatic carbocycles. The fraction of sp³-hybridized carbons (Fsp3) is 0.194. The maximum atomic E-state index is 13.9. The zero-order chi connectivity index (χ0) is 30.8. The monoisotopic (exact) mass is 585 g/mol. The number of fused-ring (bicyclic) bond motifs is 2. The highest BCUT2D eigenvalue weighted by Gasteiger charge is 2.26. The minimum Gasteiger partial charge on any atom is -0.360 e. The third-order valence-electron chi connectivity index (χ3n) is 7.88. The number of benzene rings is 4. The van der Waals surface area contributed by atoms with Gasteiger partial charge in [0.15, 0.2) is 0 Å². The number of carbonyl (C=O) groups is 2. The largest absolute Gasteiger partial charge is 0.360 e. The molecule has 4 aromatic carbocycles. The van der Waals surface area contributed by atoms with Gasteiger partial charge in [0.05, 0.1) is 5.69 Å². The molecular formula is C36H35N5O3. The summed E-state index contributed by atoms with van der Waals surface area (Å²) in [4.78, 5) is 28.8. The standard InChI is InChI=1S/C36H35N5O3/c1-23-31(36(43)38-25-21-30(41(4)22-25)35(42)37-19-12-20-40(2)3)34(39-44-23)33-28-17-10-8-15-26(28)32(24-13-6-5-7-14-24)27-16-9-11-18-29(27)33/h5-11,13-18,21-22H,12,19-20H2,1-4H3,(H,37,42)(H,38,43). The summed E-state index contributed by atoms with van der Waals surface area (Å²) >= 11 is 0. The summed E-state index contributed by atoms with van der Waals surface area (Å²) < 4.78 is 7.39. The van der Waals surface area contributed by atoms with Crippen LogP contribution in [0.3, 0.4) is 0 Å². The first-order valence-corrected chi connectivity index (χ1v) is 14.7. The summed E-state index contributed by atoms with van der Waals surface area (Å²) in [5, 5.41) is 14.4. The van der Waals surface area contributed by atoms with Crippen molar-refractivity contribution in [3.8, 4) is 22.4 Å². The first kappa shape index (κ1) is 28.9. The number of amides is 2. The molecule has 0 aliphatic heterocycles. The van der Waals surface area contributed by atoms with Gasteiger partial charge in [-0.2, -0.15) is 0 Å². The molecule has 8 heteroatoms. The first-order chi connectivity index (χ1) is 21.3. The van der Waals surface area contributed by atoms with Crippen LogP contribution in [0.4, 0.5) is 5.69 Å². The van der Waals surface area contributed by atoms with Crippen LogP contribution in [-0.2, 0) is 7.05 Å². The first-order valence-electron chi connectivity index (χ1n) is 14.7. The van der Waals surface area contributed by atoms with Crippen LogP contribution in [0, 0.1) is 6.92 Å². The second-order valence-corrected chi connectivity index (χ2v) is 11.3. The van der Waals surface area contributed by atoms with Gasteiger partial charge in [-0.25, -0.2) is 0 Å². The fourth-order valence-electron chi connectivity index (χ4n) is 5.85. The smallest absolute Gasteiger partial charge is 0.267 e. The summed E-state index contributed by atoms with van der Waals surface area (Å²) in [5.74, 6) is -0.139. The van der Waals surface area contributed by atoms with Crippen LogP contribution < -0.4 is 10.6 Å². The van der Waals surface area contributed by atoms with Crippen molar-refractivity contribution in [2.24, 2.45) is 7.05 Å². The lowest BCUT2D eigenvalue weighted by atomic mass is 9.86. The lowest BCUT2D eigenvalue weighted by Crippen LogP contribution is -2.28. The van der Waals surface area contributed by atoms with Crippen LogP contribution in [-0.4, -0.2) is 53.6 Å². The van der Waals surface area contributed by atoms with Gasteiger partial charge in [0.2, 0.25) is 0 Å². The van der Waals surface area contributed by atoms with E-state index in [1.54, 1.807) is 30.8 Å². The van der Waals surface area contributed by atoms with Crippen LogP contribution in [0.2, 0.25) is 0 Å². The van der Waals surface area contributed by atoms with Crippen molar-refractivity contribution >= 4 is 39.0 Å². The number of rotatable bonds is 9. The molecule has 0 saturated carbocycles. The van der Waals surface area contributed by atoms with Crippen LogP contribution in [0.15, 0.2) is 95.6 Å². The number of hydrogen-bond donors (Lipinski definition) is 2. The molecule has 44 heavy (non-hydrogen) atoms. The summed E-state index contributed by atoms with van der Waals surface area (Å²) in [6.07, 6.45) is 2.58. The van der Waals surface area contributed by atoms with E-state index in [-0.39, 0.29) is 11.8 Å². The quantitative estimate of drug-likeness (QED) is 0.142. The summed E-state index contributed by atoms with van der Waals surface area (Å²) in [6.45, 7) is 3.19. The van der Waals surface area contributed by atoms with Crippen molar-refractivity contribution in [3.63, 3.8) is 0 Å². The zero-order valence-electron chi connectivity index (χ0n) is 25.3. The molecule has 2 N–H and O–H groups in total. The number of aryl methyl sites for hydroxylation is 2. The van der Waals surface area contributed by atoms with Gasteiger partial charge in [-0.15, -0.1) is 0 Å². The third kappa shape index (κ3) is 5.47. The molecule has 8 nitrogen and oxygen atoms in total. The fourth-order valence-corrected chi connectivity index (χ4v) is 5.85. The molecule has 0 aliphatic rings. The average Bonchev–Trinajstić information content (AvgIpc) is 3.59. The Morgan fingerprint density at radius 1 is 0.841 bits per heavy atom. The molecule has 0 bridgehead atoms. The molecule has 0 saturated heterocycles. The van der Waals surface area contributed by atoms with Crippen molar-refractivity contribution in [1.29, 1.82) is 0 Å². The van der Waals surface area contributed by atoms with Crippen molar-refractivity contribution in [1.82, 2.24) is 19.9 Å². The molecule has 2 amide bonds. The molecule has 222 valence electrons. The van der Waals surface area contributed by atoms with Gasteiger partial charge in [0.25, 0.3) is 11.8 Å². The predicted octanol–water partition coefficient (Wildman–Crippen LogP) is 6.90. The second kappa shape index (κ2) is 12.2. The molecule has 6 rings (SSSR count). The minimum atomic E-state index is -0.359. The van der Waals surface area contributed by atoms with Gasteiger partial charge in [-0.05, 0) is 72.7 Å². The number of aromatic nitrogens is 2. The Labute approximate surface area is 256 Å². The van der Waals surface area contributed by atoms with Crippen molar-refractivity contribution in [2.75, 3.05) is 32.5 Å². The number of anilines is 1. The van der Waals surface area contributed by atoms with Gasteiger partial charge in [0.1, 0.15) is 22.7 Å². The van der Waals surface area contributed by atoms with E-state index in [1.165, 1.54) is 0 Å². The van der Waals surface area contributed by atoms with E-state index in [2.05, 4.69) is 57.1 Å². The lowest BCUT2D eigenvalue weighted by molar-refractivity contribution is 0.0943. The summed E-state index contributed by atoms with van der Waals surface area (Å²) in [6, 6.07) is 28.4. The molecule has 6 aromatic rings. The molecule has 0 atom stereocenters. The Bertz CT molecular complexity index is 1930. The zero-order valence-corrected chi connectivity index (χ0v) is 25.3. The summed E-state index contributed by atoms with van der Waals surface area (Å²) in [5.41, 5.74) is 4.88. The Morgan fingerprint density at radius 3 is 2.05 bits per heavy atom. The maximum absolute atomic E-state index is 13.9. The highest BCUT2D eigenvalue weighted by Crippen LogP contribution is 2.44. The second-order valence-electron chi connectivity index (χ2n) is 11.3. The van der Waals surface area contributed by atoms with Gasteiger partial charge in [0, 0.05) is 25.4 Å². The van der Waals surface area contributed by atoms with Gasteiger partial charge in [-0.1, -0.05) is 84.0 Å². The predicted molar refractivity (Wildman–Crippen MR) is 176 cm³/mol. The highest BCUT2D eigenvalue weighted by molar-refractivity contribution is 6.23. The van der Waals surface area contributed by atoms with Crippen molar-refractivity contribution in [2.45, 2.75) is 13.3 Å². The van der Waals surface area contributed by atoms with E-state index in [0.717, 1.165) is 51.2 Å². The molecule has 0 spiro atoms. The van der Waals surface area contributed by atoms with E-state index in [4.69, 9.17) is 4.52 Å². The Hall–Kier alpha value is -5.21. The van der Waals surface area contributed by atoms with Crippen LogP contribution in [0.1, 0.15) is 33.0 Å². The van der Waals surface area contributed by atoms with Crippen LogP contribution in [0.5, 0.6) is 0 Å². The highest BCUT2D eigenvalue weighted by atomic mass is 16.5. The summed E-state index contributed by atoms with van der Waals surface area (Å²) in [7, 11) is 5.79. The number of hydrogen-bond acceptors (Lipinski definition) is 5. The van der Waals surface area contributed by atoms with Gasteiger partial charge < -0.3 is 24.6 Å². The van der Waals surface area contributed by atoms with Gasteiger partial charge >= 0.3 is 0 Å². The molecule has 0 radical (unpaired) electrons. The SMILES string of the molecule is Cc1onc(-c2c3ccccc3c(-c3ccccc3)c3ccccc23)c1C(=O)Nc1cc(C(=O)NCCCN(C)C)n(C)c1. The Morgan fingerprint density at radius 2 is 1.43 bits per heavy atom. The van der Waals surface area contributed by atoms with Crippen LogP contribution >= 0.6 is 0 Å². The molecule has 2 aromatic heterocycles. The Balaban J connectivity index is 1.39. The van der Waals surface area contributed by atoms with E-state index in [9.17, 15) is 9.59 Å². The number of nitrogens with zero attached hydrogens (tertiary/aromatic N) is 3. The molecular weight excluding hydrogens is 550 g/mol. The topological polar surface area (TPSA) is 92.4 Å². The van der Waals surface area contributed by atoms with E-state index in [1.807, 2.05) is 56.6 Å². The number of carbonyl (C=O) groups excluding carboxylic acids is 2. The molecule has 2 heterocycles. The van der Waals surface area contributed by atoms with Crippen molar-refractivity contribution < 1.29 is 14.1 Å². The maximum Gasteiger partial charge on any atom is 0.267 e. The Kier molecular flexibility index (Phi) is 8.00. The molecule has 0 unspecified atom stereocenters. The van der Waals surface area contributed by atoms with Crippen molar-refractivity contribution in [3.05, 3.63) is 108 Å².